The van der Waals surface area contributed by atoms with Gasteiger partial charge in [0, 0.05) is 13.1 Å². The van der Waals surface area contributed by atoms with Crippen LogP contribution < -0.4 is 0 Å². The molecule has 1 amide bonds. The van der Waals surface area contributed by atoms with Gasteiger partial charge in [0.2, 0.25) is 0 Å². The van der Waals surface area contributed by atoms with Crippen LogP contribution in [0, 0.1) is 6.92 Å². The fourth-order valence-corrected chi connectivity index (χ4v) is 2.29. The third kappa shape index (κ3) is 2.92. The normalized spacial score (nSPS) is 16.0. The van der Waals surface area contributed by atoms with Gasteiger partial charge < -0.3 is 14.7 Å². The Hall–Kier alpha value is -2.04. The van der Waals surface area contributed by atoms with E-state index in [0.717, 1.165) is 25.9 Å². The lowest BCUT2D eigenvalue weighted by atomic mass is 10.1. The molecule has 2 rings (SSSR count). The molecule has 1 aromatic rings. The van der Waals surface area contributed by atoms with Crippen LogP contribution in [0.5, 0.6) is 5.75 Å². The largest absolute Gasteiger partial charge is 0.507 e. The van der Waals surface area contributed by atoms with Crippen LogP contribution in [-0.2, 0) is 9.53 Å². The number of aryl methyl sites for hydroxylation is 1. The third-order valence-corrected chi connectivity index (χ3v) is 3.51. The number of benzene rings is 1. The molecule has 1 atom stereocenters. The van der Waals surface area contributed by atoms with Crippen molar-refractivity contribution in [2.45, 2.75) is 32.8 Å². The van der Waals surface area contributed by atoms with Crippen LogP contribution >= 0.6 is 0 Å². The highest BCUT2D eigenvalue weighted by atomic mass is 16.5. The minimum Gasteiger partial charge on any atom is -0.507 e. The van der Waals surface area contributed by atoms with Crippen molar-refractivity contribution in [3.63, 3.8) is 0 Å². The van der Waals surface area contributed by atoms with E-state index < -0.39 is 12.1 Å². The van der Waals surface area contributed by atoms with Crippen molar-refractivity contribution < 1.29 is 19.4 Å². The highest BCUT2D eigenvalue weighted by Crippen LogP contribution is 2.22. The summed E-state index contributed by atoms with van der Waals surface area (Å²) in [5.74, 6) is -0.951. The first-order chi connectivity index (χ1) is 9.50. The van der Waals surface area contributed by atoms with Crippen molar-refractivity contribution in [3.05, 3.63) is 29.3 Å². The number of rotatable bonds is 3. The first-order valence-corrected chi connectivity index (χ1v) is 6.79. The van der Waals surface area contributed by atoms with Gasteiger partial charge in [0.15, 0.2) is 6.10 Å². The number of phenolic OH excluding ortho intramolecular Hbond substituents is 1. The Labute approximate surface area is 118 Å². The Kier molecular flexibility index (Phi) is 4.27. The van der Waals surface area contributed by atoms with Gasteiger partial charge in [0.25, 0.3) is 5.91 Å². The minimum absolute atomic E-state index is 0.0890. The average Bonchev–Trinajstić information content (AvgIpc) is 2.94. The van der Waals surface area contributed by atoms with Gasteiger partial charge in [-0.2, -0.15) is 0 Å². The Morgan fingerprint density at radius 3 is 2.60 bits per heavy atom. The summed E-state index contributed by atoms with van der Waals surface area (Å²) in [7, 11) is 0. The van der Waals surface area contributed by atoms with Crippen molar-refractivity contribution in [1.29, 1.82) is 0 Å². The molecule has 0 aliphatic carbocycles. The van der Waals surface area contributed by atoms with Gasteiger partial charge in [-0.1, -0.05) is 12.1 Å². The van der Waals surface area contributed by atoms with Crippen LogP contribution in [0.3, 0.4) is 0 Å². The van der Waals surface area contributed by atoms with E-state index in [1.165, 1.54) is 6.07 Å². The molecule has 1 aliphatic rings. The lowest BCUT2D eigenvalue weighted by Crippen LogP contribution is -2.38. The summed E-state index contributed by atoms with van der Waals surface area (Å²) in [6, 6.07) is 4.85. The van der Waals surface area contributed by atoms with E-state index in [0.29, 0.717) is 5.56 Å². The number of carbonyl (C=O) groups is 2. The summed E-state index contributed by atoms with van der Waals surface area (Å²) in [5.41, 5.74) is 0.684. The Morgan fingerprint density at radius 1 is 1.30 bits per heavy atom. The maximum atomic E-state index is 12.1. The number of hydrogen-bond donors (Lipinski definition) is 1. The van der Waals surface area contributed by atoms with E-state index in [9.17, 15) is 14.7 Å². The van der Waals surface area contributed by atoms with Crippen molar-refractivity contribution in [3.8, 4) is 5.75 Å². The van der Waals surface area contributed by atoms with Crippen LogP contribution in [0.25, 0.3) is 0 Å². The fraction of sp³-hybridized carbons (Fsp3) is 0.467. The van der Waals surface area contributed by atoms with Crippen molar-refractivity contribution in [2.75, 3.05) is 13.1 Å². The maximum absolute atomic E-state index is 12.1. The molecular formula is C15H19NO4. The molecule has 5 heteroatoms. The first kappa shape index (κ1) is 14.4. The molecule has 0 unspecified atom stereocenters. The molecule has 0 aromatic heterocycles. The SMILES string of the molecule is Cc1cccc(C(=O)O[C@H](C)C(=O)N2CCCC2)c1O. The summed E-state index contributed by atoms with van der Waals surface area (Å²) in [6.45, 7) is 4.70. The molecule has 1 aliphatic heterocycles. The predicted molar refractivity (Wildman–Crippen MR) is 73.5 cm³/mol. The number of amides is 1. The summed E-state index contributed by atoms with van der Waals surface area (Å²) >= 11 is 0. The molecule has 1 heterocycles. The second-order valence-corrected chi connectivity index (χ2v) is 5.05. The van der Waals surface area contributed by atoms with E-state index in [2.05, 4.69) is 0 Å². The number of carbonyl (C=O) groups excluding carboxylic acids is 2. The van der Waals surface area contributed by atoms with E-state index in [1.807, 2.05) is 0 Å². The second-order valence-electron chi connectivity index (χ2n) is 5.05. The topological polar surface area (TPSA) is 66.8 Å². The Bertz CT molecular complexity index is 521. The molecule has 1 N–H and O–H groups in total. The lowest BCUT2D eigenvalue weighted by molar-refractivity contribution is -0.138. The van der Waals surface area contributed by atoms with Crippen LogP contribution in [0.2, 0.25) is 0 Å². The number of para-hydroxylation sites is 1. The van der Waals surface area contributed by atoms with Crippen molar-refractivity contribution in [2.24, 2.45) is 0 Å². The molecule has 108 valence electrons. The number of likely N-dealkylation sites (tertiary alicyclic amines) is 1. The van der Waals surface area contributed by atoms with Crippen LogP contribution in [-0.4, -0.2) is 41.1 Å². The van der Waals surface area contributed by atoms with E-state index in [1.54, 1.807) is 30.9 Å². The van der Waals surface area contributed by atoms with Gasteiger partial charge in [0.1, 0.15) is 11.3 Å². The molecule has 5 nitrogen and oxygen atoms in total. The molecule has 1 aromatic carbocycles. The van der Waals surface area contributed by atoms with Crippen LogP contribution in [0.4, 0.5) is 0 Å². The molecule has 0 bridgehead atoms. The van der Waals surface area contributed by atoms with Crippen molar-refractivity contribution >= 4 is 11.9 Å². The standard InChI is InChI=1S/C15H19NO4/c1-10-6-5-7-12(13(10)17)15(19)20-11(2)14(18)16-8-3-4-9-16/h5-7,11,17H,3-4,8-9H2,1-2H3/t11-/m1/s1. The van der Waals surface area contributed by atoms with E-state index in [4.69, 9.17) is 4.74 Å². The monoisotopic (exact) mass is 277 g/mol. The highest BCUT2D eigenvalue weighted by molar-refractivity contribution is 5.94. The number of hydrogen-bond acceptors (Lipinski definition) is 4. The average molecular weight is 277 g/mol. The zero-order valence-electron chi connectivity index (χ0n) is 11.8. The smallest absolute Gasteiger partial charge is 0.342 e. The van der Waals surface area contributed by atoms with Gasteiger partial charge in [-0.15, -0.1) is 0 Å². The van der Waals surface area contributed by atoms with Gasteiger partial charge in [0.05, 0.1) is 0 Å². The summed E-state index contributed by atoms with van der Waals surface area (Å²) < 4.78 is 5.16. The predicted octanol–water partition coefficient (Wildman–Crippen LogP) is 1.87. The number of aromatic hydroxyl groups is 1. The summed E-state index contributed by atoms with van der Waals surface area (Å²) in [5, 5.41) is 9.83. The fourth-order valence-electron chi connectivity index (χ4n) is 2.29. The lowest BCUT2D eigenvalue weighted by Gasteiger charge is -2.20. The van der Waals surface area contributed by atoms with Gasteiger partial charge in [-0.25, -0.2) is 4.79 Å². The Morgan fingerprint density at radius 2 is 1.95 bits per heavy atom. The summed E-state index contributed by atoms with van der Waals surface area (Å²) in [6.07, 6.45) is 1.15. The Balaban J connectivity index is 2.03. The molecular weight excluding hydrogens is 258 g/mol. The van der Waals surface area contributed by atoms with Crippen LogP contribution in [0.15, 0.2) is 18.2 Å². The number of esters is 1. The van der Waals surface area contributed by atoms with Gasteiger partial charge in [-0.3, -0.25) is 4.79 Å². The van der Waals surface area contributed by atoms with Gasteiger partial charge in [-0.05, 0) is 38.3 Å². The maximum Gasteiger partial charge on any atom is 0.342 e. The highest BCUT2D eigenvalue weighted by Gasteiger charge is 2.27. The third-order valence-electron chi connectivity index (χ3n) is 3.51. The number of phenols is 1. The van der Waals surface area contributed by atoms with E-state index in [-0.39, 0.29) is 17.2 Å². The van der Waals surface area contributed by atoms with Crippen LogP contribution in [0.1, 0.15) is 35.7 Å². The molecule has 20 heavy (non-hydrogen) atoms. The zero-order chi connectivity index (χ0) is 14.7. The van der Waals surface area contributed by atoms with E-state index >= 15 is 0 Å². The molecule has 0 radical (unpaired) electrons. The molecule has 0 spiro atoms. The molecule has 1 fully saturated rings. The minimum atomic E-state index is -0.833. The molecule has 1 saturated heterocycles. The zero-order valence-corrected chi connectivity index (χ0v) is 11.8. The molecule has 0 saturated carbocycles. The summed E-state index contributed by atoms with van der Waals surface area (Å²) in [4.78, 5) is 25.7. The number of nitrogens with zero attached hydrogens (tertiary/aromatic N) is 1. The number of ether oxygens (including phenoxy) is 1. The van der Waals surface area contributed by atoms with Crippen molar-refractivity contribution in [1.82, 2.24) is 4.90 Å². The second kappa shape index (κ2) is 5.94. The van der Waals surface area contributed by atoms with Gasteiger partial charge >= 0.3 is 5.97 Å². The quantitative estimate of drug-likeness (QED) is 0.856. The first-order valence-electron chi connectivity index (χ1n) is 6.79.